The van der Waals surface area contributed by atoms with E-state index in [-0.39, 0.29) is 11.9 Å². The van der Waals surface area contributed by atoms with Crippen molar-refractivity contribution in [2.24, 2.45) is 0 Å². The Morgan fingerprint density at radius 2 is 1.47 bits per heavy atom. The van der Waals surface area contributed by atoms with Gasteiger partial charge in [0.25, 0.3) is 0 Å². The Morgan fingerprint density at radius 1 is 0.861 bits per heavy atom. The number of benzene rings is 2. The van der Waals surface area contributed by atoms with Crippen LogP contribution in [0.3, 0.4) is 0 Å². The van der Waals surface area contributed by atoms with Crippen molar-refractivity contribution in [1.82, 2.24) is 14.7 Å². The number of amides is 3. The van der Waals surface area contributed by atoms with Crippen LogP contribution >= 0.6 is 11.6 Å². The zero-order valence-electron chi connectivity index (χ0n) is 20.8. The predicted octanol–water partition coefficient (Wildman–Crippen LogP) is 2.90. The summed E-state index contributed by atoms with van der Waals surface area (Å²) in [5.74, 6) is -0.0306. The summed E-state index contributed by atoms with van der Waals surface area (Å²) < 4.78 is 5.44. The van der Waals surface area contributed by atoms with Crippen molar-refractivity contribution in [2.45, 2.75) is 0 Å². The monoisotopic (exact) mass is 514 g/mol. The lowest BCUT2D eigenvalue weighted by Crippen LogP contribution is -2.47. The molecule has 0 saturated carbocycles. The van der Waals surface area contributed by atoms with Crippen LogP contribution in [0.2, 0.25) is 5.02 Å². The summed E-state index contributed by atoms with van der Waals surface area (Å²) in [7, 11) is 2.10. The van der Waals surface area contributed by atoms with Crippen LogP contribution in [-0.2, 0) is 9.53 Å². The molecule has 10 heteroatoms. The number of likely N-dealkylation sites (N-methyl/N-ethyl adjacent to an activating group) is 1. The second kappa shape index (κ2) is 13.0. The first-order valence-corrected chi connectivity index (χ1v) is 12.8. The van der Waals surface area contributed by atoms with Gasteiger partial charge in [-0.1, -0.05) is 11.6 Å². The van der Waals surface area contributed by atoms with Crippen LogP contribution in [0.5, 0.6) is 0 Å². The summed E-state index contributed by atoms with van der Waals surface area (Å²) in [5, 5.41) is 6.55. The van der Waals surface area contributed by atoms with E-state index in [1.807, 2.05) is 24.3 Å². The molecule has 0 aliphatic carbocycles. The van der Waals surface area contributed by atoms with Crippen LogP contribution in [0.25, 0.3) is 0 Å². The minimum absolute atomic E-state index is 0.0306. The molecule has 4 rings (SSSR count). The number of ether oxygens (including phenoxy) is 1. The van der Waals surface area contributed by atoms with E-state index in [9.17, 15) is 9.59 Å². The molecule has 2 fully saturated rings. The van der Waals surface area contributed by atoms with Crippen molar-refractivity contribution < 1.29 is 14.3 Å². The molecule has 2 aliphatic heterocycles. The van der Waals surface area contributed by atoms with Crippen LogP contribution in [0.4, 0.5) is 21.9 Å². The number of urea groups is 1. The zero-order chi connectivity index (χ0) is 25.3. The average molecular weight is 515 g/mol. The highest BCUT2D eigenvalue weighted by atomic mass is 35.5. The van der Waals surface area contributed by atoms with Gasteiger partial charge < -0.3 is 20.3 Å². The first-order chi connectivity index (χ1) is 17.5. The number of piperazine rings is 1. The van der Waals surface area contributed by atoms with Crippen LogP contribution in [0.15, 0.2) is 48.5 Å². The van der Waals surface area contributed by atoms with Gasteiger partial charge in [-0.2, -0.15) is 0 Å². The summed E-state index contributed by atoms with van der Waals surface area (Å²) in [4.78, 5) is 34.2. The van der Waals surface area contributed by atoms with Crippen molar-refractivity contribution in [3.8, 4) is 0 Å². The molecule has 2 N–H and O–H groups in total. The second-order valence-corrected chi connectivity index (χ2v) is 9.65. The molecule has 2 aromatic carbocycles. The maximum atomic E-state index is 13.2. The van der Waals surface area contributed by atoms with Gasteiger partial charge in [-0.3, -0.25) is 19.5 Å². The number of hydrogen-bond donors (Lipinski definition) is 2. The number of nitrogens with one attached hydrogen (secondary N) is 2. The zero-order valence-corrected chi connectivity index (χ0v) is 21.5. The molecule has 9 nitrogen and oxygen atoms in total. The molecule has 0 bridgehead atoms. The molecule has 0 atom stereocenters. The minimum atomic E-state index is -0.225. The maximum absolute atomic E-state index is 13.2. The van der Waals surface area contributed by atoms with Gasteiger partial charge in [0.1, 0.15) is 0 Å². The summed E-state index contributed by atoms with van der Waals surface area (Å²) in [6, 6.07) is 14.2. The lowest BCUT2D eigenvalue weighted by Gasteiger charge is -2.31. The summed E-state index contributed by atoms with van der Waals surface area (Å²) >= 11 is 5.98. The highest BCUT2D eigenvalue weighted by molar-refractivity contribution is 6.30. The third kappa shape index (κ3) is 7.91. The lowest BCUT2D eigenvalue weighted by molar-refractivity contribution is -0.117. The largest absolute Gasteiger partial charge is 0.379 e. The first-order valence-electron chi connectivity index (χ1n) is 12.4. The average Bonchev–Trinajstić information content (AvgIpc) is 2.88. The number of carbonyl (C=O) groups excluding carboxylic acids is 2. The van der Waals surface area contributed by atoms with Crippen molar-refractivity contribution in [1.29, 1.82) is 0 Å². The number of halogens is 1. The molecular weight excluding hydrogens is 480 g/mol. The van der Waals surface area contributed by atoms with Gasteiger partial charge in [-0.25, -0.2) is 4.79 Å². The molecule has 2 aliphatic rings. The van der Waals surface area contributed by atoms with E-state index in [1.165, 1.54) is 0 Å². The summed E-state index contributed by atoms with van der Waals surface area (Å²) in [6.07, 6.45) is 0. The van der Waals surface area contributed by atoms with Crippen LogP contribution in [0, 0.1) is 0 Å². The molecule has 3 amide bonds. The fourth-order valence-electron chi connectivity index (χ4n) is 4.27. The van der Waals surface area contributed by atoms with Gasteiger partial charge in [0.05, 0.1) is 19.8 Å². The molecule has 0 unspecified atom stereocenters. The third-order valence-electron chi connectivity index (χ3n) is 6.51. The number of carbonyl (C=O) groups is 2. The van der Waals surface area contributed by atoms with Gasteiger partial charge in [0.2, 0.25) is 5.91 Å². The van der Waals surface area contributed by atoms with Gasteiger partial charge >= 0.3 is 6.03 Å². The Morgan fingerprint density at radius 3 is 2.14 bits per heavy atom. The quantitative estimate of drug-likeness (QED) is 0.564. The molecule has 36 heavy (non-hydrogen) atoms. The Labute approximate surface area is 217 Å². The lowest BCUT2D eigenvalue weighted by atomic mass is 10.2. The number of morpholine rings is 1. The molecular formula is C26H35ClN6O3. The molecule has 0 spiro atoms. The molecule has 2 saturated heterocycles. The van der Waals surface area contributed by atoms with Crippen LogP contribution in [0.1, 0.15) is 0 Å². The smallest absolute Gasteiger partial charge is 0.326 e. The summed E-state index contributed by atoms with van der Waals surface area (Å²) in [6.45, 7) is 8.49. The van der Waals surface area contributed by atoms with E-state index in [1.54, 1.807) is 29.2 Å². The predicted molar refractivity (Wildman–Crippen MR) is 144 cm³/mol. The Hall–Kier alpha value is -2.69. The van der Waals surface area contributed by atoms with Gasteiger partial charge in [0, 0.05) is 74.4 Å². The molecule has 0 aromatic heterocycles. The highest BCUT2D eigenvalue weighted by Crippen LogP contribution is 2.21. The Kier molecular flexibility index (Phi) is 9.54. The van der Waals surface area contributed by atoms with Gasteiger partial charge in [0.15, 0.2) is 0 Å². The van der Waals surface area contributed by atoms with E-state index in [4.69, 9.17) is 16.3 Å². The molecule has 2 aromatic rings. The van der Waals surface area contributed by atoms with E-state index in [0.717, 1.165) is 51.5 Å². The van der Waals surface area contributed by atoms with E-state index in [2.05, 4.69) is 32.4 Å². The SMILES string of the molecule is CN1CCN(CC(=O)Nc2ccc(N(CCN3CCOCC3)C(=O)Nc3ccc(Cl)cc3)cc2)CC1. The molecule has 0 radical (unpaired) electrons. The highest BCUT2D eigenvalue weighted by Gasteiger charge is 2.20. The van der Waals surface area contributed by atoms with Crippen molar-refractivity contribution in [3.05, 3.63) is 53.6 Å². The Bertz CT molecular complexity index is 990. The van der Waals surface area contributed by atoms with Crippen molar-refractivity contribution in [2.75, 3.05) is 94.7 Å². The fourth-order valence-corrected chi connectivity index (χ4v) is 4.40. The Balaban J connectivity index is 1.38. The van der Waals surface area contributed by atoms with E-state index < -0.39 is 0 Å². The van der Waals surface area contributed by atoms with E-state index in [0.29, 0.717) is 42.7 Å². The normalized spacial score (nSPS) is 17.5. The van der Waals surface area contributed by atoms with Gasteiger partial charge in [-0.15, -0.1) is 0 Å². The second-order valence-electron chi connectivity index (χ2n) is 9.22. The fraction of sp³-hybridized carbons (Fsp3) is 0.462. The van der Waals surface area contributed by atoms with E-state index >= 15 is 0 Å². The van der Waals surface area contributed by atoms with Crippen molar-refractivity contribution in [3.63, 3.8) is 0 Å². The number of nitrogens with zero attached hydrogens (tertiary/aromatic N) is 4. The minimum Gasteiger partial charge on any atom is -0.379 e. The summed E-state index contributed by atoms with van der Waals surface area (Å²) in [5.41, 5.74) is 2.14. The van der Waals surface area contributed by atoms with Crippen LogP contribution in [-0.4, -0.2) is 106 Å². The topological polar surface area (TPSA) is 80.4 Å². The first kappa shape index (κ1) is 26.4. The standard InChI is InChI=1S/C26H35ClN6O3/c1-30-10-12-32(13-11-30)20-25(34)28-22-6-8-24(9-7-22)33(15-14-31-16-18-36-19-17-31)26(35)29-23-4-2-21(27)3-5-23/h2-9H,10-20H2,1H3,(H,28,34)(H,29,35). The maximum Gasteiger partial charge on any atom is 0.326 e. The van der Waals surface area contributed by atoms with Crippen molar-refractivity contribution >= 4 is 40.6 Å². The molecule has 194 valence electrons. The molecule has 2 heterocycles. The third-order valence-corrected chi connectivity index (χ3v) is 6.76. The number of rotatable bonds is 8. The van der Waals surface area contributed by atoms with Crippen LogP contribution < -0.4 is 15.5 Å². The van der Waals surface area contributed by atoms with Gasteiger partial charge in [-0.05, 0) is 55.6 Å². The number of hydrogen-bond acceptors (Lipinski definition) is 6. The number of anilines is 3.